The Morgan fingerprint density at radius 2 is 1.85 bits per heavy atom. The van der Waals surface area contributed by atoms with Gasteiger partial charge < -0.3 is 10.6 Å². The molecule has 0 heterocycles. The number of rotatable bonds is 6. The van der Waals surface area contributed by atoms with Crippen LogP contribution in [0.5, 0.6) is 0 Å². The molecule has 1 aromatic carbocycles. The third-order valence-electron chi connectivity index (χ3n) is 3.20. The summed E-state index contributed by atoms with van der Waals surface area (Å²) in [6.45, 7) is 1.25. The van der Waals surface area contributed by atoms with Crippen LogP contribution in [0.2, 0.25) is 0 Å². The number of carbonyl (C=O) groups is 1. The zero-order chi connectivity index (χ0) is 14.6. The molecular weight excluding hydrogens is 278 g/mol. The van der Waals surface area contributed by atoms with Crippen LogP contribution in [0.25, 0.3) is 0 Å². The number of primary sulfonamides is 1. The number of carbonyl (C=O) groups excluding carboxylic acids is 1. The molecule has 0 bridgehead atoms. The summed E-state index contributed by atoms with van der Waals surface area (Å²) in [7, 11) is -3.64. The number of amides is 2. The normalized spacial score (nSPS) is 14.8. The van der Waals surface area contributed by atoms with Gasteiger partial charge in [-0.05, 0) is 42.9 Å². The van der Waals surface area contributed by atoms with E-state index in [1.165, 1.54) is 25.0 Å². The monoisotopic (exact) mass is 297 g/mol. The van der Waals surface area contributed by atoms with Gasteiger partial charge in [-0.1, -0.05) is 12.1 Å². The fourth-order valence-corrected chi connectivity index (χ4v) is 2.30. The highest BCUT2D eigenvalue weighted by Crippen LogP contribution is 2.27. The van der Waals surface area contributed by atoms with Gasteiger partial charge in [0.25, 0.3) is 0 Å². The molecular formula is C13H19N3O3S. The zero-order valence-electron chi connectivity index (χ0n) is 11.1. The van der Waals surface area contributed by atoms with Gasteiger partial charge in [-0.15, -0.1) is 0 Å². The summed E-state index contributed by atoms with van der Waals surface area (Å²) >= 11 is 0. The lowest BCUT2D eigenvalue weighted by atomic mass is 10.1. The molecule has 6 nitrogen and oxygen atoms in total. The molecule has 1 saturated carbocycles. The molecule has 1 aromatic rings. The molecule has 0 aliphatic heterocycles. The number of nitrogens with two attached hydrogens (primary N) is 1. The quantitative estimate of drug-likeness (QED) is 0.716. The van der Waals surface area contributed by atoms with Crippen LogP contribution in [-0.2, 0) is 16.4 Å². The van der Waals surface area contributed by atoms with Crippen LogP contribution in [0, 0.1) is 5.92 Å². The van der Waals surface area contributed by atoms with Crippen molar-refractivity contribution in [2.45, 2.75) is 24.2 Å². The largest absolute Gasteiger partial charge is 0.338 e. The second-order valence-corrected chi connectivity index (χ2v) is 6.58. The maximum Gasteiger partial charge on any atom is 0.314 e. The van der Waals surface area contributed by atoms with Gasteiger partial charge in [0.05, 0.1) is 4.90 Å². The van der Waals surface area contributed by atoms with Crippen molar-refractivity contribution in [1.29, 1.82) is 0 Å². The predicted octanol–water partition coefficient (Wildman–Crippen LogP) is 0.586. The van der Waals surface area contributed by atoms with Crippen LogP contribution >= 0.6 is 0 Å². The highest BCUT2D eigenvalue weighted by molar-refractivity contribution is 7.89. The van der Waals surface area contributed by atoms with Crippen LogP contribution in [0.3, 0.4) is 0 Å². The molecule has 0 atom stereocenters. The fourth-order valence-electron chi connectivity index (χ4n) is 1.79. The summed E-state index contributed by atoms with van der Waals surface area (Å²) in [5.41, 5.74) is 0.944. The van der Waals surface area contributed by atoms with Gasteiger partial charge in [-0.2, -0.15) is 0 Å². The van der Waals surface area contributed by atoms with Gasteiger partial charge >= 0.3 is 6.03 Å². The van der Waals surface area contributed by atoms with Crippen molar-refractivity contribution in [1.82, 2.24) is 10.6 Å². The van der Waals surface area contributed by atoms with E-state index in [1.807, 2.05) is 0 Å². The number of hydrogen-bond acceptors (Lipinski definition) is 3. The first-order chi connectivity index (χ1) is 9.45. The maximum atomic E-state index is 11.4. The van der Waals surface area contributed by atoms with Crippen molar-refractivity contribution >= 4 is 16.1 Å². The Bertz CT molecular complexity index is 565. The minimum atomic E-state index is -3.64. The van der Waals surface area contributed by atoms with Crippen LogP contribution in [0.4, 0.5) is 4.79 Å². The highest BCUT2D eigenvalue weighted by Gasteiger charge is 2.21. The van der Waals surface area contributed by atoms with E-state index in [1.54, 1.807) is 12.1 Å². The number of benzene rings is 1. The van der Waals surface area contributed by atoms with Gasteiger partial charge in [0.2, 0.25) is 10.0 Å². The Morgan fingerprint density at radius 1 is 1.20 bits per heavy atom. The summed E-state index contributed by atoms with van der Waals surface area (Å²) in [6, 6.07) is 6.18. The molecule has 2 rings (SSSR count). The molecule has 1 fully saturated rings. The lowest BCUT2D eigenvalue weighted by Crippen LogP contribution is -2.37. The van der Waals surface area contributed by atoms with Crippen molar-refractivity contribution in [2.24, 2.45) is 11.1 Å². The smallest absolute Gasteiger partial charge is 0.314 e. The van der Waals surface area contributed by atoms with Gasteiger partial charge in [0.1, 0.15) is 0 Å². The van der Waals surface area contributed by atoms with Crippen molar-refractivity contribution in [3.8, 4) is 0 Å². The molecule has 7 heteroatoms. The zero-order valence-corrected chi connectivity index (χ0v) is 11.9. The van der Waals surface area contributed by atoms with Crippen molar-refractivity contribution < 1.29 is 13.2 Å². The van der Waals surface area contributed by atoms with E-state index in [2.05, 4.69) is 10.6 Å². The van der Waals surface area contributed by atoms with E-state index in [-0.39, 0.29) is 10.9 Å². The first-order valence-corrected chi connectivity index (χ1v) is 8.13. The van der Waals surface area contributed by atoms with Gasteiger partial charge in [-0.3, -0.25) is 0 Å². The van der Waals surface area contributed by atoms with Crippen LogP contribution < -0.4 is 15.8 Å². The maximum absolute atomic E-state index is 11.4. The average Bonchev–Trinajstić information content (AvgIpc) is 3.20. The second-order valence-electron chi connectivity index (χ2n) is 5.02. The van der Waals surface area contributed by atoms with E-state index >= 15 is 0 Å². The van der Waals surface area contributed by atoms with E-state index in [4.69, 9.17) is 5.14 Å². The van der Waals surface area contributed by atoms with E-state index in [0.717, 1.165) is 12.1 Å². The Balaban J connectivity index is 1.72. The molecule has 0 unspecified atom stereocenters. The van der Waals surface area contributed by atoms with Crippen LogP contribution in [0.1, 0.15) is 18.4 Å². The summed E-state index contributed by atoms with van der Waals surface area (Å²) in [5.74, 6) is 0.659. The Kier molecular flexibility index (Phi) is 4.61. The number of urea groups is 1. The van der Waals surface area contributed by atoms with Crippen LogP contribution in [-0.4, -0.2) is 27.5 Å². The van der Waals surface area contributed by atoms with Crippen molar-refractivity contribution in [2.75, 3.05) is 13.1 Å². The number of sulfonamides is 1. The molecule has 1 aliphatic rings. The topological polar surface area (TPSA) is 101 Å². The summed E-state index contributed by atoms with van der Waals surface area (Å²) < 4.78 is 22.2. The van der Waals surface area contributed by atoms with E-state index in [9.17, 15) is 13.2 Å². The minimum Gasteiger partial charge on any atom is -0.338 e. The summed E-state index contributed by atoms with van der Waals surface area (Å²) in [5, 5.41) is 10.6. The molecule has 20 heavy (non-hydrogen) atoms. The number of nitrogens with one attached hydrogen (secondary N) is 2. The standard InChI is InChI=1S/C13H19N3O3S/c14-20(18,19)12-5-3-10(4-6-12)7-8-15-13(17)16-9-11-1-2-11/h3-6,11H,1-2,7-9H2,(H2,14,18,19)(H2,15,16,17). The lowest BCUT2D eigenvalue weighted by molar-refractivity contribution is 0.240. The number of hydrogen-bond donors (Lipinski definition) is 3. The molecule has 4 N–H and O–H groups in total. The van der Waals surface area contributed by atoms with Gasteiger partial charge in [0.15, 0.2) is 0 Å². The third kappa shape index (κ3) is 4.82. The first-order valence-electron chi connectivity index (χ1n) is 6.58. The highest BCUT2D eigenvalue weighted by atomic mass is 32.2. The molecule has 110 valence electrons. The van der Waals surface area contributed by atoms with Gasteiger partial charge in [0, 0.05) is 13.1 Å². The molecule has 2 amide bonds. The predicted molar refractivity (Wildman–Crippen MR) is 75.6 cm³/mol. The molecule has 0 aromatic heterocycles. The fraction of sp³-hybridized carbons (Fsp3) is 0.462. The Labute approximate surface area is 118 Å². The average molecular weight is 297 g/mol. The second kappa shape index (κ2) is 6.23. The summed E-state index contributed by atoms with van der Waals surface area (Å²) in [4.78, 5) is 11.5. The van der Waals surface area contributed by atoms with E-state index < -0.39 is 10.0 Å². The Hall–Kier alpha value is -1.60. The van der Waals surface area contributed by atoms with Crippen LogP contribution in [0.15, 0.2) is 29.2 Å². The molecule has 1 aliphatic carbocycles. The first kappa shape index (κ1) is 14.8. The summed E-state index contributed by atoms with van der Waals surface area (Å²) in [6.07, 6.45) is 3.05. The minimum absolute atomic E-state index is 0.0939. The Morgan fingerprint density at radius 3 is 2.40 bits per heavy atom. The SMILES string of the molecule is NS(=O)(=O)c1ccc(CCNC(=O)NCC2CC2)cc1. The molecule has 0 spiro atoms. The van der Waals surface area contributed by atoms with E-state index in [0.29, 0.717) is 18.9 Å². The lowest BCUT2D eigenvalue weighted by Gasteiger charge is -2.07. The molecule has 0 radical (unpaired) electrons. The van der Waals surface area contributed by atoms with Gasteiger partial charge in [-0.25, -0.2) is 18.4 Å². The third-order valence-corrected chi connectivity index (χ3v) is 4.13. The van der Waals surface area contributed by atoms with Crippen molar-refractivity contribution in [3.63, 3.8) is 0 Å². The van der Waals surface area contributed by atoms with Crippen molar-refractivity contribution in [3.05, 3.63) is 29.8 Å². The molecule has 0 saturated heterocycles.